The highest BCUT2D eigenvalue weighted by molar-refractivity contribution is 5.62. The van der Waals surface area contributed by atoms with Crippen LogP contribution in [0.15, 0.2) is 54.9 Å². The fraction of sp³-hybridized carbons (Fsp3) is 0.300. The fourth-order valence-electron chi connectivity index (χ4n) is 2.74. The van der Waals surface area contributed by atoms with Crippen LogP contribution in [-0.4, -0.2) is 32.5 Å². The van der Waals surface area contributed by atoms with Gasteiger partial charge in [-0.05, 0) is 36.2 Å². The van der Waals surface area contributed by atoms with Gasteiger partial charge in [0.15, 0.2) is 0 Å². The number of nitrogens with one attached hydrogen (secondary N) is 1. The van der Waals surface area contributed by atoms with Crippen molar-refractivity contribution in [1.82, 2.24) is 20.1 Å². The first-order chi connectivity index (χ1) is 12.6. The van der Waals surface area contributed by atoms with Gasteiger partial charge in [-0.15, -0.1) is 0 Å². The first-order valence-corrected chi connectivity index (χ1v) is 8.68. The average molecular weight is 354 g/mol. The zero-order chi connectivity index (χ0) is 18.5. The zero-order valence-corrected chi connectivity index (χ0v) is 14.9. The van der Waals surface area contributed by atoms with Crippen LogP contribution in [0.2, 0.25) is 0 Å². The molecule has 0 aliphatic heterocycles. The van der Waals surface area contributed by atoms with E-state index in [2.05, 4.69) is 15.4 Å². The van der Waals surface area contributed by atoms with Crippen LogP contribution in [0.25, 0.3) is 16.9 Å². The second-order valence-electron chi connectivity index (χ2n) is 6.54. The van der Waals surface area contributed by atoms with Crippen LogP contribution < -0.4 is 5.32 Å². The Labute approximate surface area is 152 Å². The van der Waals surface area contributed by atoms with Crippen molar-refractivity contribution in [2.45, 2.75) is 26.4 Å². The molecule has 3 rings (SSSR count). The lowest BCUT2D eigenvalue weighted by molar-refractivity contribution is 0.209. The first kappa shape index (κ1) is 18.2. The maximum atomic E-state index is 14.2. The van der Waals surface area contributed by atoms with E-state index >= 15 is 0 Å². The zero-order valence-electron chi connectivity index (χ0n) is 14.9. The van der Waals surface area contributed by atoms with Crippen LogP contribution >= 0.6 is 0 Å². The van der Waals surface area contributed by atoms with Crippen LogP contribution in [0.3, 0.4) is 0 Å². The monoisotopic (exact) mass is 354 g/mol. The van der Waals surface area contributed by atoms with Crippen LogP contribution in [-0.2, 0) is 6.54 Å². The summed E-state index contributed by atoms with van der Waals surface area (Å²) in [6.45, 7) is 4.29. The Morgan fingerprint density at radius 3 is 2.73 bits per heavy atom. The molecular formula is C20H23FN4O. The molecule has 3 aromatic rings. The third-order valence-electron chi connectivity index (χ3n) is 4.36. The first-order valence-electron chi connectivity index (χ1n) is 8.68. The number of halogens is 1. The number of rotatable bonds is 7. The van der Waals surface area contributed by atoms with Crippen molar-refractivity contribution < 1.29 is 9.50 Å². The van der Waals surface area contributed by atoms with Gasteiger partial charge in [0.25, 0.3) is 0 Å². The third kappa shape index (κ3) is 4.15. The molecule has 0 fully saturated rings. The van der Waals surface area contributed by atoms with E-state index in [4.69, 9.17) is 0 Å². The summed E-state index contributed by atoms with van der Waals surface area (Å²) in [5.41, 5.74) is 2.84. The van der Waals surface area contributed by atoms with E-state index in [1.54, 1.807) is 16.9 Å². The minimum Gasteiger partial charge on any atom is -0.395 e. The van der Waals surface area contributed by atoms with E-state index < -0.39 is 0 Å². The molecule has 26 heavy (non-hydrogen) atoms. The number of nitrogens with zero attached hydrogens (tertiary/aromatic N) is 3. The summed E-state index contributed by atoms with van der Waals surface area (Å²) in [5, 5.41) is 16.8. The van der Waals surface area contributed by atoms with Crippen molar-refractivity contribution >= 4 is 0 Å². The van der Waals surface area contributed by atoms with Gasteiger partial charge < -0.3 is 10.4 Å². The van der Waals surface area contributed by atoms with Crippen molar-refractivity contribution in [3.05, 3.63) is 66.4 Å². The average Bonchev–Trinajstić information content (AvgIpc) is 3.18. The van der Waals surface area contributed by atoms with Crippen LogP contribution in [0, 0.1) is 11.7 Å². The Hall–Kier alpha value is -2.57. The molecule has 0 radical (unpaired) electrons. The summed E-state index contributed by atoms with van der Waals surface area (Å²) >= 11 is 0. The molecule has 1 atom stereocenters. The molecule has 2 N–H and O–H groups in total. The molecule has 0 aliphatic carbocycles. The Morgan fingerprint density at radius 2 is 2.04 bits per heavy atom. The van der Waals surface area contributed by atoms with Gasteiger partial charge in [0.1, 0.15) is 5.82 Å². The van der Waals surface area contributed by atoms with E-state index in [1.807, 2.05) is 50.4 Å². The predicted molar refractivity (Wildman–Crippen MR) is 99.3 cm³/mol. The van der Waals surface area contributed by atoms with Gasteiger partial charge in [-0.2, -0.15) is 5.10 Å². The van der Waals surface area contributed by atoms with E-state index in [9.17, 15) is 9.50 Å². The molecule has 1 aromatic carbocycles. The molecule has 0 saturated carbocycles. The van der Waals surface area contributed by atoms with Crippen LogP contribution in [0.4, 0.5) is 4.39 Å². The number of benzene rings is 1. The maximum absolute atomic E-state index is 14.2. The molecule has 0 spiro atoms. The largest absolute Gasteiger partial charge is 0.395 e. The number of aromatic nitrogens is 3. The normalized spacial score (nSPS) is 12.5. The quantitative estimate of drug-likeness (QED) is 0.684. The van der Waals surface area contributed by atoms with Gasteiger partial charge in [0.05, 0.1) is 23.7 Å². The van der Waals surface area contributed by atoms with Crippen molar-refractivity contribution in [3.8, 4) is 16.9 Å². The smallest absolute Gasteiger partial charge is 0.146 e. The Morgan fingerprint density at radius 1 is 1.19 bits per heavy atom. The lowest BCUT2D eigenvalue weighted by Crippen LogP contribution is -2.36. The maximum Gasteiger partial charge on any atom is 0.146 e. The fourth-order valence-corrected chi connectivity index (χ4v) is 2.74. The van der Waals surface area contributed by atoms with Crippen LogP contribution in [0.5, 0.6) is 0 Å². The molecule has 0 bridgehead atoms. The number of aliphatic hydroxyl groups is 1. The Balaban J connectivity index is 1.84. The standard InChI is InChI=1S/C20H23FN4O/c1-14(2)20(13-26)22-12-19-17(21)7-8-18(24-19)15-5-3-6-16(11-15)25-10-4-9-23-25/h3-11,14,20,22,26H,12-13H2,1-2H3/t20-/m0/s1. The SMILES string of the molecule is CC(C)[C@H](CO)NCc1nc(-c2cccc(-n3cccn3)c2)ccc1F. The number of hydrogen-bond donors (Lipinski definition) is 2. The van der Waals surface area contributed by atoms with Gasteiger partial charge in [-0.25, -0.2) is 14.1 Å². The second kappa shape index (κ2) is 8.21. The number of hydrogen-bond acceptors (Lipinski definition) is 4. The molecule has 0 saturated heterocycles. The molecule has 6 heteroatoms. The molecule has 136 valence electrons. The van der Waals surface area contributed by atoms with E-state index in [1.165, 1.54) is 6.07 Å². The highest BCUT2D eigenvalue weighted by Gasteiger charge is 2.14. The van der Waals surface area contributed by atoms with Gasteiger partial charge >= 0.3 is 0 Å². The summed E-state index contributed by atoms with van der Waals surface area (Å²) in [4.78, 5) is 4.48. The number of pyridine rings is 1. The molecular weight excluding hydrogens is 331 g/mol. The summed E-state index contributed by atoms with van der Waals surface area (Å²) in [6.07, 6.45) is 3.59. The molecule has 2 heterocycles. The van der Waals surface area contributed by atoms with Crippen molar-refractivity contribution in [2.75, 3.05) is 6.61 Å². The summed E-state index contributed by atoms with van der Waals surface area (Å²) < 4.78 is 15.9. The minimum absolute atomic E-state index is 0.00485. The lowest BCUT2D eigenvalue weighted by Gasteiger charge is -2.20. The van der Waals surface area contributed by atoms with Gasteiger partial charge in [0, 0.05) is 30.5 Å². The molecule has 0 unspecified atom stereocenters. The van der Waals surface area contributed by atoms with Gasteiger partial charge in [-0.3, -0.25) is 0 Å². The van der Waals surface area contributed by atoms with Crippen molar-refractivity contribution in [1.29, 1.82) is 0 Å². The molecule has 0 amide bonds. The Bertz CT molecular complexity index is 849. The summed E-state index contributed by atoms with van der Waals surface area (Å²) in [7, 11) is 0. The highest BCUT2D eigenvalue weighted by Crippen LogP contribution is 2.21. The van der Waals surface area contributed by atoms with Crippen molar-refractivity contribution in [2.24, 2.45) is 5.92 Å². The van der Waals surface area contributed by atoms with E-state index in [-0.39, 0.29) is 30.9 Å². The van der Waals surface area contributed by atoms with E-state index in [0.717, 1.165) is 11.3 Å². The predicted octanol–water partition coefficient (Wildman–Crippen LogP) is 3.18. The summed E-state index contributed by atoms with van der Waals surface area (Å²) in [6, 6.07) is 12.7. The third-order valence-corrected chi connectivity index (χ3v) is 4.36. The van der Waals surface area contributed by atoms with Crippen molar-refractivity contribution in [3.63, 3.8) is 0 Å². The number of aliphatic hydroxyl groups excluding tert-OH is 1. The molecule has 5 nitrogen and oxygen atoms in total. The molecule has 0 aliphatic rings. The lowest BCUT2D eigenvalue weighted by atomic mass is 10.1. The second-order valence-corrected chi connectivity index (χ2v) is 6.54. The molecule has 2 aromatic heterocycles. The minimum atomic E-state index is -0.357. The van der Waals surface area contributed by atoms with Crippen LogP contribution in [0.1, 0.15) is 19.5 Å². The topological polar surface area (TPSA) is 63.0 Å². The Kier molecular flexibility index (Phi) is 5.75. The summed E-state index contributed by atoms with van der Waals surface area (Å²) in [5.74, 6) is -0.109. The van der Waals surface area contributed by atoms with Gasteiger partial charge in [-0.1, -0.05) is 26.0 Å². The van der Waals surface area contributed by atoms with E-state index in [0.29, 0.717) is 11.4 Å². The van der Waals surface area contributed by atoms with Gasteiger partial charge in [0.2, 0.25) is 0 Å². The highest BCUT2D eigenvalue weighted by atomic mass is 19.1.